The molecule has 8 nitrogen and oxygen atoms in total. The van der Waals surface area contributed by atoms with E-state index in [1.54, 1.807) is 30.7 Å². The molecule has 1 aromatic carbocycles. The minimum atomic E-state index is -0.362. The summed E-state index contributed by atoms with van der Waals surface area (Å²) in [5.41, 5.74) is 3.56. The molecule has 4 aromatic heterocycles. The van der Waals surface area contributed by atoms with Crippen molar-refractivity contribution < 1.29 is 4.79 Å². The maximum atomic E-state index is 13.0. The average molecular weight is 421 g/mol. The first-order chi connectivity index (χ1) is 15.8. The number of para-hydroxylation sites is 2. The van der Waals surface area contributed by atoms with Crippen LogP contribution in [0.3, 0.4) is 0 Å². The summed E-state index contributed by atoms with van der Waals surface area (Å²) >= 11 is 0. The van der Waals surface area contributed by atoms with E-state index < -0.39 is 0 Å². The molecule has 0 aliphatic rings. The van der Waals surface area contributed by atoms with Crippen LogP contribution in [0.25, 0.3) is 22.6 Å². The van der Waals surface area contributed by atoms with Crippen LogP contribution in [-0.4, -0.2) is 35.4 Å². The van der Waals surface area contributed by atoms with Gasteiger partial charge in [-0.05, 0) is 42.5 Å². The first kappa shape index (κ1) is 19.5. The highest BCUT2D eigenvalue weighted by atomic mass is 16.2. The minimum Gasteiger partial charge on any atom is -0.310 e. The Balaban J connectivity index is 1.43. The fourth-order valence-corrected chi connectivity index (χ4v) is 3.44. The summed E-state index contributed by atoms with van der Waals surface area (Å²) in [7, 11) is 0. The molecule has 0 unspecified atom stereocenters. The number of amides is 1. The maximum Gasteiger partial charge on any atom is 0.276 e. The summed E-state index contributed by atoms with van der Waals surface area (Å²) in [4.78, 5) is 34.9. The van der Waals surface area contributed by atoms with Gasteiger partial charge in [-0.1, -0.05) is 24.3 Å². The van der Waals surface area contributed by atoms with E-state index in [4.69, 9.17) is 0 Å². The van der Waals surface area contributed by atoms with E-state index in [1.807, 2.05) is 59.2 Å². The van der Waals surface area contributed by atoms with Crippen LogP contribution < -0.4 is 5.32 Å². The number of carbonyl (C=O) groups is 1. The standard InChI is InChI=1S/C24H19N7O/c32-23(20-11-15-27-22(28-20)19-9-4-6-14-26-19)30-24-29-18-8-1-2-10-21(18)31(24)16-12-17-7-3-5-13-25-17/h1-11,13-15H,12,16H2,(H,29,30,32). The third-order valence-electron chi connectivity index (χ3n) is 4.98. The normalized spacial score (nSPS) is 10.9. The van der Waals surface area contributed by atoms with Crippen molar-refractivity contribution in [1.82, 2.24) is 29.5 Å². The number of imidazole rings is 1. The Morgan fingerprint density at radius 3 is 2.44 bits per heavy atom. The monoisotopic (exact) mass is 421 g/mol. The van der Waals surface area contributed by atoms with Gasteiger partial charge in [-0.15, -0.1) is 0 Å². The van der Waals surface area contributed by atoms with Gasteiger partial charge in [-0.25, -0.2) is 15.0 Å². The van der Waals surface area contributed by atoms with Crippen molar-refractivity contribution in [3.63, 3.8) is 0 Å². The number of hydrogen-bond donors (Lipinski definition) is 1. The van der Waals surface area contributed by atoms with Crippen LogP contribution in [0.5, 0.6) is 0 Å². The zero-order valence-corrected chi connectivity index (χ0v) is 17.1. The molecule has 0 atom stereocenters. The molecule has 0 aliphatic carbocycles. The van der Waals surface area contributed by atoms with Crippen molar-refractivity contribution in [1.29, 1.82) is 0 Å². The molecular weight excluding hydrogens is 402 g/mol. The second-order valence-electron chi connectivity index (χ2n) is 7.08. The molecule has 1 amide bonds. The van der Waals surface area contributed by atoms with Gasteiger partial charge in [0.1, 0.15) is 11.4 Å². The minimum absolute atomic E-state index is 0.240. The predicted octanol–water partition coefficient (Wildman–Crippen LogP) is 3.78. The van der Waals surface area contributed by atoms with Crippen LogP contribution in [0, 0.1) is 0 Å². The van der Waals surface area contributed by atoms with Crippen LogP contribution >= 0.6 is 0 Å². The quantitative estimate of drug-likeness (QED) is 0.448. The van der Waals surface area contributed by atoms with Crippen LogP contribution in [0.2, 0.25) is 0 Å². The molecule has 32 heavy (non-hydrogen) atoms. The number of carbonyl (C=O) groups excluding carboxylic acids is 1. The predicted molar refractivity (Wildman–Crippen MR) is 121 cm³/mol. The Morgan fingerprint density at radius 1 is 0.812 bits per heavy atom. The molecule has 0 aliphatic heterocycles. The maximum absolute atomic E-state index is 13.0. The molecule has 8 heteroatoms. The summed E-state index contributed by atoms with van der Waals surface area (Å²) in [5.74, 6) is 0.492. The van der Waals surface area contributed by atoms with Crippen LogP contribution in [0.4, 0.5) is 5.95 Å². The first-order valence-electron chi connectivity index (χ1n) is 10.2. The van der Waals surface area contributed by atoms with Gasteiger partial charge in [-0.3, -0.25) is 20.1 Å². The summed E-state index contributed by atoms with van der Waals surface area (Å²) in [5, 5.41) is 2.91. The lowest BCUT2D eigenvalue weighted by Crippen LogP contribution is -2.18. The van der Waals surface area contributed by atoms with Gasteiger partial charge in [0.2, 0.25) is 5.95 Å². The highest BCUT2D eigenvalue weighted by molar-refractivity contribution is 6.02. The second kappa shape index (κ2) is 8.73. The summed E-state index contributed by atoms with van der Waals surface area (Å²) in [6.07, 6.45) is 5.70. The Morgan fingerprint density at radius 2 is 1.62 bits per heavy atom. The SMILES string of the molecule is O=C(Nc1nc2ccccc2n1CCc1ccccn1)c1ccnc(-c2ccccn2)n1. The van der Waals surface area contributed by atoms with Crippen LogP contribution in [0.15, 0.2) is 85.3 Å². The van der Waals surface area contributed by atoms with E-state index in [0.717, 1.165) is 16.7 Å². The van der Waals surface area contributed by atoms with E-state index in [9.17, 15) is 4.79 Å². The second-order valence-corrected chi connectivity index (χ2v) is 7.08. The van der Waals surface area contributed by atoms with Crippen molar-refractivity contribution in [2.45, 2.75) is 13.0 Å². The molecular formula is C24H19N7O. The highest BCUT2D eigenvalue weighted by Gasteiger charge is 2.16. The molecule has 4 heterocycles. The van der Waals surface area contributed by atoms with Crippen molar-refractivity contribution in [3.05, 3.63) is 96.7 Å². The topological polar surface area (TPSA) is 98.5 Å². The number of pyridine rings is 2. The van der Waals surface area contributed by atoms with Crippen molar-refractivity contribution in [2.75, 3.05) is 5.32 Å². The van der Waals surface area contributed by atoms with Gasteiger partial charge < -0.3 is 4.57 Å². The van der Waals surface area contributed by atoms with E-state index in [1.165, 1.54) is 0 Å². The lowest BCUT2D eigenvalue weighted by molar-refractivity contribution is 0.102. The number of aromatic nitrogens is 6. The van der Waals surface area contributed by atoms with E-state index in [-0.39, 0.29) is 11.6 Å². The number of nitrogens with zero attached hydrogens (tertiary/aromatic N) is 6. The van der Waals surface area contributed by atoms with Crippen LogP contribution in [-0.2, 0) is 13.0 Å². The Hall–Kier alpha value is -4.46. The van der Waals surface area contributed by atoms with Crippen molar-refractivity contribution >= 4 is 22.9 Å². The first-order valence-corrected chi connectivity index (χ1v) is 10.2. The van der Waals surface area contributed by atoms with Gasteiger partial charge in [0, 0.05) is 37.3 Å². The Labute approximate surface area is 184 Å². The molecule has 5 rings (SSSR count). The number of benzene rings is 1. The average Bonchev–Trinajstić information content (AvgIpc) is 3.21. The van der Waals surface area contributed by atoms with Gasteiger partial charge in [0.25, 0.3) is 5.91 Å². The third-order valence-corrected chi connectivity index (χ3v) is 4.98. The van der Waals surface area contributed by atoms with E-state index in [0.29, 0.717) is 30.4 Å². The van der Waals surface area contributed by atoms with Gasteiger partial charge >= 0.3 is 0 Å². The van der Waals surface area contributed by atoms with Crippen molar-refractivity contribution in [2.24, 2.45) is 0 Å². The zero-order valence-electron chi connectivity index (χ0n) is 17.1. The molecule has 0 radical (unpaired) electrons. The fourth-order valence-electron chi connectivity index (χ4n) is 3.44. The number of fused-ring (bicyclic) bond motifs is 1. The summed E-state index contributed by atoms with van der Waals surface area (Å²) in [6, 6.07) is 20.7. The number of anilines is 1. The third kappa shape index (κ3) is 4.06. The molecule has 5 aromatic rings. The summed E-state index contributed by atoms with van der Waals surface area (Å²) < 4.78 is 1.99. The molecule has 0 spiro atoms. The van der Waals surface area contributed by atoms with Gasteiger partial charge in [-0.2, -0.15) is 0 Å². The lowest BCUT2D eigenvalue weighted by Gasteiger charge is -2.10. The number of aryl methyl sites for hydroxylation is 2. The molecule has 0 bridgehead atoms. The smallest absolute Gasteiger partial charge is 0.276 e. The van der Waals surface area contributed by atoms with Crippen LogP contribution in [0.1, 0.15) is 16.2 Å². The Bertz CT molecular complexity index is 1370. The highest BCUT2D eigenvalue weighted by Crippen LogP contribution is 2.21. The number of rotatable bonds is 6. The van der Waals surface area contributed by atoms with Gasteiger partial charge in [0.15, 0.2) is 5.82 Å². The number of hydrogen-bond acceptors (Lipinski definition) is 6. The Kier molecular flexibility index (Phi) is 5.32. The molecule has 0 saturated carbocycles. The zero-order chi connectivity index (χ0) is 21.8. The number of nitrogens with one attached hydrogen (secondary N) is 1. The van der Waals surface area contributed by atoms with E-state index in [2.05, 4.69) is 30.2 Å². The molecule has 0 fully saturated rings. The fraction of sp³-hybridized carbons (Fsp3) is 0.0833. The largest absolute Gasteiger partial charge is 0.310 e. The lowest BCUT2D eigenvalue weighted by atomic mass is 10.2. The van der Waals surface area contributed by atoms with E-state index >= 15 is 0 Å². The van der Waals surface area contributed by atoms with Gasteiger partial charge in [0.05, 0.1) is 11.0 Å². The molecule has 156 valence electrons. The summed E-state index contributed by atoms with van der Waals surface area (Å²) in [6.45, 7) is 0.621. The molecule has 0 saturated heterocycles. The molecule has 1 N–H and O–H groups in total. The van der Waals surface area contributed by atoms with Crippen molar-refractivity contribution in [3.8, 4) is 11.5 Å².